The van der Waals surface area contributed by atoms with Crippen molar-refractivity contribution in [3.8, 4) is 0 Å². The number of nitrogens with one attached hydrogen (secondary N) is 1. The molecule has 1 heterocycles. The predicted molar refractivity (Wildman–Crippen MR) is 74.9 cm³/mol. The molecule has 0 unspecified atom stereocenters. The van der Waals surface area contributed by atoms with Gasteiger partial charge in [0.1, 0.15) is 0 Å². The van der Waals surface area contributed by atoms with E-state index >= 15 is 0 Å². The molecule has 4 heteroatoms. The monoisotopic (exact) mass is 260 g/mol. The van der Waals surface area contributed by atoms with Crippen LogP contribution in [0.2, 0.25) is 0 Å². The van der Waals surface area contributed by atoms with Crippen LogP contribution in [-0.2, 0) is 0 Å². The van der Waals surface area contributed by atoms with Crippen LogP contribution in [0.4, 0.5) is 0 Å². The average Bonchev–Trinajstić information content (AvgIpc) is 3.07. The van der Waals surface area contributed by atoms with Crippen LogP contribution < -0.4 is 11.1 Å². The van der Waals surface area contributed by atoms with Crippen molar-refractivity contribution in [1.82, 2.24) is 5.32 Å². The van der Waals surface area contributed by atoms with E-state index in [9.17, 15) is 4.79 Å². The van der Waals surface area contributed by atoms with Gasteiger partial charge in [0.15, 0.2) is 0 Å². The average molecular weight is 260 g/mol. The van der Waals surface area contributed by atoms with Crippen LogP contribution in [0.5, 0.6) is 0 Å². The number of hydrogen-bond acceptors (Lipinski definition) is 3. The van der Waals surface area contributed by atoms with Gasteiger partial charge in [0.05, 0.1) is 5.56 Å². The van der Waals surface area contributed by atoms with Gasteiger partial charge in [-0.05, 0) is 25.5 Å². The van der Waals surface area contributed by atoms with Gasteiger partial charge in [0.25, 0.3) is 5.91 Å². The Balaban J connectivity index is 1.76. The topological polar surface area (TPSA) is 55.1 Å². The molecule has 0 saturated heterocycles. The fourth-order valence-corrected chi connectivity index (χ4v) is 3.09. The van der Waals surface area contributed by atoms with Crippen molar-refractivity contribution in [3.63, 3.8) is 0 Å². The molecule has 18 heavy (non-hydrogen) atoms. The second kappa shape index (κ2) is 4.37. The Hall–Kier alpha value is -1.39. The largest absolute Gasteiger partial charge is 0.351 e. The Morgan fingerprint density at radius 2 is 2.17 bits per heavy atom. The number of benzene rings is 1. The van der Waals surface area contributed by atoms with Gasteiger partial charge >= 0.3 is 0 Å². The fraction of sp³-hybridized carbons (Fsp3) is 0.357. The lowest BCUT2D eigenvalue weighted by Crippen LogP contribution is -2.33. The smallest absolute Gasteiger partial charge is 0.252 e. The SMILES string of the molecule is NCC1(CNC(=O)c2csc3ccccc23)CC1. The maximum Gasteiger partial charge on any atom is 0.252 e. The summed E-state index contributed by atoms with van der Waals surface area (Å²) in [6.45, 7) is 1.37. The number of rotatable bonds is 4. The molecule has 1 aromatic carbocycles. The molecule has 1 aliphatic rings. The minimum absolute atomic E-state index is 0.0205. The molecule has 3 nitrogen and oxygen atoms in total. The highest BCUT2D eigenvalue weighted by atomic mass is 32.1. The summed E-state index contributed by atoms with van der Waals surface area (Å²) in [7, 11) is 0. The zero-order valence-electron chi connectivity index (χ0n) is 10.1. The summed E-state index contributed by atoms with van der Waals surface area (Å²) in [6.07, 6.45) is 2.27. The molecule has 0 spiro atoms. The third-order valence-electron chi connectivity index (χ3n) is 3.74. The standard InChI is InChI=1S/C14H16N2OS/c15-8-14(5-6-14)9-16-13(17)11-7-18-12-4-2-1-3-10(11)12/h1-4,7H,5-6,8-9,15H2,(H,16,17). The summed E-state index contributed by atoms with van der Waals surface area (Å²) in [5, 5.41) is 5.99. The lowest BCUT2D eigenvalue weighted by molar-refractivity contribution is 0.0947. The van der Waals surface area contributed by atoms with Gasteiger partial charge < -0.3 is 11.1 Å². The molecule has 0 aliphatic heterocycles. The number of carbonyl (C=O) groups excluding carboxylic acids is 1. The van der Waals surface area contributed by atoms with E-state index in [-0.39, 0.29) is 11.3 Å². The van der Waals surface area contributed by atoms with E-state index < -0.39 is 0 Å². The van der Waals surface area contributed by atoms with E-state index in [1.807, 2.05) is 29.6 Å². The van der Waals surface area contributed by atoms with E-state index in [0.29, 0.717) is 13.1 Å². The first-order valence-electron chi connectivity index (χ1n) is 6.19. The molecule has 3 N–H and O–H groups in total. The molecule has 1 aliphatic carbocycles. The highest BCUT2D eigenvalue weighted by Crippen LogP contribution is 2.43. The van der Waals surface area contributed by atoms with Crippen molar-refractivity contribution in [2.24, 2.45) is 11.1 Å². The Morgan fingerprint density at radius 3 is 2.89 bits per heavy atom. The maximum atomic E-state index is 12.2. The van der Waals surface area contributed by atoms with E-state index in [2.05, 4.69) is 5.32 Å². The highest BCUT2D eigenvalue weighted by Gasteiger charge is 2.41. The molecule has 0 radical (unpaired) electrons. The number of carbonyl (C=O) groups is 1. The number of thiophene rings is 1. The minimum Gasteiger partial charge on any atom is -0.351 e. The second-order valence-corrected chi connectivity index (χ2v) is 5.94. The van der Waals surface area contributed by atoms with Crippen molar-refractivity contribution in [2.75, 3.05) is 13.1 Å². The second-order valence-electron chi connectivity index (χ2n) is 5.03. The van der Waals surface area contributed by atoms with E-state index in [0.717, 1.165) is 28.5 Å². The van der Waals surface area contributed by atoms with Crippen LogP contribution >= 0.6 is 11.3 Å². The molecule has 1 fully saturated rings. The molecular weight excluding hydrogens is 244 g/mol. The Labute approximate surface area is 110 Å². The minimum atomic E-state index is 0.0205. The first-order valence-corrected chi connectivity index (χ1v) is 7.07. The molecule has 1 aromatic heterocycles. The molecule has 1 amide bonds. The Kier molecular flexibility index (Phi) is 2.84. The summed E-state index contributed by atoms with van der Waals surface area (Å²) in [6, 6.07) is 8.00. The van der Waals surface area contributed by atoms with E-state index in [1.54, 1.807) is 11.3 Å². The fourth-order valence-electron chi connectivity index (χ4n) is 2.15. The van der Waals surface area contributed by atoms with Gasteiger partial charge in [-0.1, -0.05) is 18.2 Å². The third-order valence-corrected chi connectivity index (χ3v) is 4.70. The van der Waals surface area contributed by atoms with Crippen LogP contribution in [-0.4, -0.2) is 19.0 Å². The zero-order valence-corrected chi connectivity index (χ0v) is 10.9. The summed E-state index contributed by atoms with van der Waals surface area (Å²) < 4.78 is 1.16. The first kappa shape index (κ1) is 11.7. The first-order chi connectivity index (χ1) is 8.74. The van der Waals surface area contributed by atoms with Crippen molar-refractivity contribution >= 4 is 27.3 Å². The highest BCUT2D eigenvalue weighted by molar-refractivity contribution is 7.17. The Bertz CT molecular complexity index is 586. The number of fused-ring (bicyclic) bond motifs is 1. The van der Waals surface area contributed by atoms with Gasteiger partial charge in [0.2, 0.25) is 0 Å². The predicted octanol–water partition coefficient (Wildman–Crippen LogP) is 2.37. The van der Waals surface area contributed by atoms with Crippen LogP contribution in [0.3, 0.4) is 0 Å². The van der Waals surface area contributed by atoms with Crippen molar-refractivity contribution in [2.45, 2.75) is 12.8 Å². The van der Waals surface area contributed by atoms with Crippen LogP contribution in [0.15, 0.2) is 29.6 Å². The van der Waals surface area contributed by atoms with Crippen LogP contribution in [0.25, 0.3) is 10.1 Å². The van der Waals surface area contributed by atoms with Crippen LogP contribution in [0, 0.1) is 5.41 Å². The maximum absolute atomic E-state index is 12.2. The lowest BCUT2D eigenvalue weighted by atomic mass is 10.1. The summed E-state index contributed by atoms with van der Waals surface area (Å²) in [5.41, 5.74) is 6.68. The van der Waals surface area contributed by atoms with Gasteiger partial charge in [-0.2, -0.15) is 0 Å². The molecule has 3 rings (SSSR count). The summed E-state index contributed by atoms with van der Waals surface area (Å²) in [5.74, 6) is 0.0205. The third kappa shape index (κ3) is 2.02. The quantitative estimate of drug-likeness (QED) is 0.886. The molecule has 94 valence electrons. The molecule has 2 aromatic rings. The molecule has 1 saturated carbocycles. The van der Waals surface area contributed by atoms with Crippen LogP contribution in [0.1, 0.15) is 23.2 Å². The van der Waals surface area contributed by atoms with Gasteiger partial charge in [0, 0.05) is 27.4 Å². The number of amides is 1. The zero-order chi connectivity index (χ0) is 12.6. The van der Waals surface area contributed by atoms with Gasteiger partial charge in [-0.3, -0.25) is 4.79 Å². The van der Waals surface area contributed by atoms with Gasteiger partial charge in [-0.15, -0.1) is 11.3 Å². The van der Waals surface area contributed by atoms with Crippen molar-refractivity contribution in [3.05, 3.63) is 35.2 Å². The molecule has 0 bridgehead atoms. The Morgan fingerprint density at radius 1 is 1.39 bits per heavy atom. The number of nitrogens with two attached hydrogens (primary N) is 1. The summed E-state index contributed by atoms with van der Waals surface area (Å²) >= 11 is 1.61. The van der Waals surface area contributed by atoms with Crippen molar-refractivity contribution < 1.29 is 4.79 Å². The summed E-state index contributed by atoms with van der Waals surface area (Å²) in [4.78, 5) is 12.2. The van der Waals surface area contributed by atoms with Crippen molar-refractivity contribution in [1.29, 1.82) is 0 Å². The number of hydrogen-bond donors (Lipinski definition) is 2. The van der Waals surface area contributed by atoms with Gasteiger partial charge in [-0.25, -0.2) is 0 Å². The normalized spacial score (nSPS) is 16.7. The van der Waals surface area contributed by atoms with E-state index in [4.69, 9.17) is 5.73 Å². The molecule has 0 atom stereocenters. The lowest BCUT2D eigenvalue weighted by Gasteiger charge is -2.12. The molecular formula is C14H16N2OS. The van der Waals surface area contributed by atoms with E-state index in [1.165, 1.54) is 0 Å².